The highest BCUT2D eigenvalue weighted by molar-refractivity contribution is 5.30. The van der Waals surface area contributed by atoms with Gasteiger partial charge in [-0.1, -0.05) is 32.1 Å². The van der Waals surface area contributed by atoms with Crippen molar-refractivity contribution >= 4 is 0 Å². The number of rotatable bonds is 0. The predicted octanol–water partition coefficient (Wildman–Crippen LogP) is 3.36. The molecule has 2 heteroatoms. The van der Waals surface area contributed by atoms with Crippen molar-refractivity contribution in [3.05, 3.63) is 23.7 Å². The Morgan fingerprint density at radius 3 is 2.62 bits per heavy atom. The lowest BCUT2D eigenvalue weighted by molar-refractivity contribution is 0.232. The van der Waals surface area contributed by atoms with Crippen LogP contribution in [0.3, 0.4) is 0 Å². The van der Waals surface area contributed by atoms with Gasteiger partial charge in [-0.25, -0.2) is 0 Å². The quantitative estimate of drug-likeness (QED) is 0.723. The first-order chi connectivity index (χ1) is 7.91. The molecule has 0 unspecified atom stereocenters. The van der Waals surface area contributed by atoms with Crippen molar-refractivity contribution in [2.24, 2.45) is 0 Å². The minimum absolute atomic E-state index is 0.251. The molecule has 0 saturated heterocycles. The van der Waals surface area contributed by atoms with E-state index in [9.17, 15) is 0 Å². The van der Waals surface area contributed by atoms with E-state index in [2.05, 4.69) is 11.4 Å². The first kappa shape index (κ1) is 10.4. The fourth-order valence-electron chi connectivity index (χ4n) is 3.43. The van der Waals surface area contributed by atoms with E-state index in [4.69, 9.17) is 4.42 Å². The van der Waals surface area contributed by atoms with Crippen LogP contribution in [-0.4, -0.2) is 6.54 Å². The van der Waals surface area contributed by atoms with Crippen molar-refractivity contribution in [3.8, 4) is 0 Å². The van der Waals surface area contributed by atoms with Gasteiger partial charge in [0.1, 0.15) is 5.76 Å². The summed E-state index contributed by atoms with van der Waals surface area (Å²) >= 11 is 0. The van der Waals surface area contributed by atoms with Crippen molar-refractivity contribution in [3.63, 3.8) is 0 Å². The maximum absolute atomic E-state index is 5.62. The molecule has 0 radical (unpaired) electrons. The first-order valence-corrected chi connectivity index (χ1v) is 6.73. The standard InChI is InChI=1S/C14H21NO/c1-2-4-8-14(9-5-3-1)12-7-11-16-13(12)6-10-15-14/h7,11,15H,1-6,8-10H2. The van der Waals surface area contributed by atoms with Crippen LogP contribution in [0.15, 0.2) is 16.7 Å². The van der Waals surface area contributed by atoms with Crippen LogP contribution in [0.1, 0.15) is 56.3 Å². The van der Waals surface area contributed by atoms with E-state index in [0.717, 1.165) is 13.0 Å². The fraction of sp³-hybridized carbons (Fsp3) is 0.714. The second kappa shape index (κ2) is 4.25. The summed E-state index contributed by atoms with van der Waals surface area (Å²) < 4.78 is 5.62. The van der Waals surface area contributed by atoms with Gasteiger partial charge < -0.3 is 9.73 Å². The van der Waals surface area contributed by atoms with Gasteiger partial charge >= 0.3 is 0 Å². The molecule has 0 amide bonds. The van der Waals surface area contributed by atoms with Gasteiger partial charge in [0.05, 0.1) is 6.26 Å². The third-order valence-corrected chi connectivity index (χ3v) is 4.28. The molecule has 1 spiro atoms. The summed E-state index contributed by atoms with van der Waals surface area (Å²) in [6.07, 6.45) is 12.5. The monoisotopic (exact) mass is 219 g/mol. The number of hydrogen-bond acceptors (Lipinski definition) is 2. The van der Waals surface area contributed by atoms with Gasteiger partial charge in [0, 0.05) is 24.1 Å². The Morgan fingerprint density at radius 1 is 1.06 bits per heavy atom. The molecule has 1 aromatic rings. The third kappa shape index (κ3) is 1.69. The molecule has 0 aromatic carbocycles. The Labute approximate surface area is 97.4 Å². The highest BCUT2D eigenvalue weighted by atomic mass is 16.3. The van der Waals surface area contributed by atoms with Gasteiger partial charge in [-0.2, -0.15) is 0 Å². The Hall–Kier alpha value is -0.760. The van der Waals surface area contributed by atoms with Crippen LogP contribution in [-0.2, 0) is 12.0 Å². The topological polar surface area (TPSA) is 25.2 Å². The Morgan fingerprint density at radius 2 is 1.81 bits per heavy atom. The summed E-state index contributed by atoms with van der Waals surface area (Å²) in [7, 11) is 0. The van der Waals surface area contributed by atoms with E-state index in [1.165, 1.54) is 56.3 Å². The molecule has 1 aliphatic heterocycles. The highest BCUT2D eigenvalue weighted by Gasteiger charge is 2.37. The fourth-order valence-corrected chi connectivity index (χ4v) is 3.43. The molecule has 16 heavy (non-hydrogen) atoms. The van der Waals surface area contributed by atoms with Crippen molar-refractivity contribution in [1.29, 1.82) is 0 Å². The normalized spacial score (nSPS) is 24.8. The number of furan rings is 1. The Bertz CT molecular complexity index is 347. The van der Waals surface area contributed by atoms with E-state index in [1.807, 2.05) is 6.26 Å². The van der Waals surface area contributed by atoms with Crippen LogP contribution in [0, 0.1) is 0 Å². The predicted molar refractivity (Wildman–Crippen MR) is 64.4 cm³/mol. The van der Waals surface area contributed by atoms with Gasteiger partial charge in [0.15, 0.2) is 0 Å². The summed E-state index contributed by atoms with van der Waals surface area (Å²) in [5, 5.41) is 3.78. The van der Waals surface area contributed by atoms with E-state index in [1.54, 1.807) is 0 Å². The van der Waals surface area contributed by atoms with Gasteiger partial charge in [-0.3, -0.25) is 0 Å². The van der Waals surface area contributed by atoms with Gasteiger partial charge in [-0.15, -0.1) is 0 Å². The molecule has 1 N–H and O–H groups in total. The van der Waals surface area contributed by atoms with E-state index in [-0.39, 0.29) is 5.54 Å². The van der Waals surface area contributed by atoms with Crippen LogP contribution in [0.5, 0.6) is 0 Å². The van der Waals surface area contributed by atoms with E-state index < -0.39 is 0 Å². The lowest BCUT2D eigenvalue weighted by Gasteiger charge is -2.39. The summed E-state index contributed by atoms with van der Waals surface area (Å²) in [5.74, 6) is 1.24. The smallest absolute Gasteiger partial charge is 0.110 e. The van der Waals surface area contributed by atoms with Crippen molar-refractivity contribution in [2.75, 3.05) is 6.54 Å². The second-order valence-electron chi connectivity index (χ2n) is 5.28. The van der Waals surface area contributed by atoms with Gasteiger partial charge in [-0.05, 0) is 18.9 Å². The minimum atomic E-state index is 0.251. The Balaban J connectivity index is 1.91. The molecule has 3 rings (SSSR count). The van der Waals surface area contributed by atoms with Gasteiger partial charge in [0.2, 0.25) is 0 Å². The second-order valence-corrected chi connectivity index (χ2v) is 5.28. The largest absolute Gasteiger partial charge is 0.469 e. The average Bonchev–Trinajstić information content (AvgIpc) is 2.73. The first-order valence-electron chi connectivity index (χ1n) is 6.73. The zero-order chi connectivity index (χ0) is 10.8. The summed E-state index contributed by atoms with van der Waals surface area (Å²) in [6, 6.07) is 2.20. The highest BCUT2D eigenvalue weighted by Crippen LogP contribution is 2.39. The summed E-state index contributed by atoms with van der Waals surface area (Å²) in [4.78, 5) is 0. The minimum Gasteiger partial charge on any atom is -0.469 e. The summed E-state index contributed by atoms with van der Waals surface area (Å²) in [6.45, 7) is 1.08. The molecule has 88 valence electrons. The lowest BCUT2D eigenvalue weighted by atomic mass is 9.76. The zero-order valence-electron chi connectivity index (χ0n) is 9.93. The lowest BCUT2D eigenvalue weighted by Crippen LogP contribution is -2.47. The van der Waals surface area contributed by atoms with Crippen molar-refractivity contribution in [1.82, 2.24) is 5.32 Å². The van der Waals surface area contributed by atoms with E-state index in [0.29, 0.717) is 0 Å². The van der Waals surface area contributed by atoms with Crippen LogP contribution < -0.4 is 5.32 Å². The maximum atomic E-state index is 5.62. The molecule has 2 aliphatic rings. The van der Waals surface area contributed by atoms with Crippen molar-refractivity contribution in [2.45, 2.75) is 56.9 Å². The molecule has 1 aliphatic carbocycles. The molecule has 2 heterocycles. The molecule has 0 bridgehead atoms. The maximum Gasteiger partial charge on any atom is 0.110 e. The Kier molecular flexibility index (Phi) is 2.76. The van der Waals surface area contributed by atoms with Crippen LogP contribution >= 0.6 is 0 Å². The number of nitrogens with one attached hydrogen (secondary N) is 1. The van der Waals surface area contributed by atoms with Crippen LogP contribution in [0.2, 0.25) is 0 Å². The molecule has 1 saturated carbocycles. The zero-order valence-corrected chi connectivity index (χ0v) is 9.93. The van der Waals surface area contributed by atoms with Crippen LogP contribution in [0.4, 0.5) is 0 Å². The van der Waals surface area contributed by atoms with Crippen molar-refractivity contribution < 1.29 is 4.42 Å². The molecular weight excluding hydrogens is 198 g/mol. The average molecular weight is 219 g/mol. The molecule has 2 nitrogen and oxygen atoms in total. The number of fused-ring (bicyclic) bond motifs is 2. The molecular formula is C14H21NO. The van der Waals surface area contributed by atoms with Crippen LogP contribution in [0.25, 0.3) is 0 Å². The van der Waals surface area contributed by atoms with E-state index >= 15 is 0 Å². The molecule has 1 fully saturated rings. The number of hydrogen-bond donors (Lipinski definition) is 1. The third-order valence-electron chi connectivity index (χ3n) is 4.28. The molecule has 0 atom stereocenters. The molecule has 1 aromatic heterocycles. The SMILES string of the molecule is c1cc2c(o1)CCNC21CCCCCCC1. The summed E-state index contributed by atoms with van der Waals surface area (Å²) in [5.41, 5.74) is 1.71. The van der Waals surface area contributed by atoms with Gasteiger partial charge in [0.25, 0.3) is 0 Å².